The number of non-ortho nitro benzene ring substituents is 1. The van der Waals surface area contributed by atoms with E-state index in [0.717, 1.165) is 38.0 Å². The predicted molar refractivity (Wildman–Crippen MR) is 127 cm³/mol. The molecule has 0 unspecified atom stereocenters. The standard InChI is InChI=1S/C25H36N4O4/c30-24(12-9-20-7-3-1-4-8-20)27-15-17-28(18-16-27)25(31)22-19-21(29(32)33)10-11-23(22)26-13-5-2-6-14-26/h10-11,19-20H,1-9,12-18H2. The van der Waals surface area contributed by atoms with Crippen LogP contribution in [0.2, 0.25) is 0 Å². The summed E-state index contributed by atoms with van der Waals surface area (Å²) in [6.07, 6.45) is 11.3. The molecule has 0 bridgehead atoms. The lowest BCUT2D eigenvalue weighted by Gasteiger charge is -2.36. The number of rotatable bonds is 6. The Morgan fingerprint density at radius 1 is 0.879 bits per heavy atom. The van der Waals surface area contributed by atoms with Crippen molar-refractivity contribution in [1.82, 2.24) is 9.80 Å². The Hall–Kier alpha value is -2.64. The Bertz CT molecular complexity index is 854. The summed E-state index contributed by atoms with van der Waals surface area (Å²) in [5.74, 6) is 0.707. The van der Waals surface area contributed by atoms with Crippen LogP contribution in [0.4, 0.5) is 11.4 Å². The normalized spacial score (nSPS) is 20.1. The van der Waals surface area contributed by atoms with Crippen molar-refractivity contribution in [1.29, 1.82) is 0 Å². The van der Waals surface area contributed by atoms with Crippen LogP contribution in [0.1, 0.15) is 74.6 Å². The van der Waals surface area contributed by atoms with Gasteiger partial charge in [0.05, 0.1) is 16.2 Å². The number of piperazine rings is 1. The van der Waals surface area contributed by atoms with Crippen LogP contribution in [0.3, 0.4) is 0 Å². The summed E-state index contributed by atoms with van der Waals surface area (Å²) < 4.78 is 0. The number of hydrogen-bond acceptors (Lipinski definition) is 5. The monoisotopic (exact) mass is 456 g/mol. The Labute approximate surface area is 196 Å². The van der Waals surface area contributed by atoms with E-state index in [0.29, 0.717) is 44.1 Å². The topological polar surface area (TPSA) is 87.0 Å². The van der Waals surface area contributed by atoms with E-state index in [1.54, 1.807) is 11.0 Å². The molecule has 33 heavy (non-hydrogen) atoms. The van der Waals surface area contributed by atoms with Crippen molar-refractivity contribution in [3.63, 3.8) is 0 Å². The third-order valence-electron chi connectivity index (χ3n) is 7.53. The van der Waals surface area contributed by atoms with Gasteiger partial charge in [-0.3, -0.25) is 19.7 Å². The van der Waals surface area contributed by atoms with Gasteiger partial charge in [-0.25, -0.2) is 0 Å². The zero-order chi connectivity index (χ0) is 23.2. The quantitative estimate of drug-likeness (QED) is 0.472. The molecule has 0 atom stereocenters. The van der Waals surface area contributed by atoms with Crippen molar-refractivity contribution in [3.05, 3.63) is 33.9 Å². The lowest BCUT2D eigenvalue weighted by atomic mass is 9.86. The van der Waals surface area contributed by atoms with E-state index in [1.165, 1.54) is 50.7 Å². The average molecular weight is 457 g/mol. The molecule has 1 aromatic rings. The maximum atomic E-state index is 13.4. The van der Waals surface area contributed by atoms with Gasteiger partial charge in [0, 0.05) is 57.8 Å². The first kappa shape index (κ1) is 23.5. The lowest BCUT2D eigenvalue weighted by molar-refractivity contribution is -0.384. The zero-order valence-electron chi connectivity index (χ0n) is 19.5. The van der Waals surface area contributed by atoms with Crippen LogP contribution >= 0.6 is 0 Å². The van der Waals surface area contributed by atoms with Gasteiger partial charge in [0.1, 0.15) is 0 Å². The molecule has 2 aliphatic heterocycles. The number of hydrogen-bond donors (Lipinski definition) is 0. The van der Waals surface area contributed by atoms with E-state index in [4.69, 9.17) is 0 Å². The molecule has 2 saturated heterocycles. The first-order chi connectivity index (χ1) is 16.0. The van der Waals surface area contributed by atoms with Gasteiger partial charge in [-0.15, -0.1) is 0 Å². The van der Waals surface area contributed by atoms with Gasteiger partial charge < -0.3 is 14.7 Å². The van der Waals surface area contributed by atoms with Crippen molar-refractivity contribution < 1.29 is 14.5 Å². The highest BCUT2D eigenvalue weighted by atomic mass is 16.6. The molecule has 180 valence electrons. The minimum atomic E-state index is -0.445. The number of nitro benzene ring substituents is 1. The lowest BCUT2D eigenvalue weighted by Crippen LogP contribution is -2.50. The molecule has 1 aliphatic carbocycles. The van der Waals surface area contributed by atoms with Gasteiger partial charge in [-0.05, 0) is 37.7 Å². The first-order valence-corrected chi connectivity index (χ1v) is 12.6. The van der Waals surface area contributed by atoms with Crippen LogP contribution in [0, 0.1) is 16.0 Å². The number of nitro groups is 1. The van der Waals surface area contributed by atoms with Gasteiger partial charge >= 0.3 is 0 Å². The molecule has 3 fully saturated rings. The summed E-state index contributed by atoms with van der Waals surface area (Å²) in [5, 5.41) is 11.4. The van der Waals surface area contributed by atoms with Crippen LogP contribution < -0.4 is 4.90 Å². The molecule has 1 saturated carbocycles. The predicted octanol–water partition coefficient (Wildman–Crippen LogP) is 4.23. The Balaban J connectivity index is 1.38. The number of benzene rings is 1. The van der Waals surface area contributed by atoms with Crippen molar-refractivity contribution in [2.45, 2.75) is 64.2 Å². The molecule has 8 nitrogen and oxygen atoms in total. The minimum absolute atomic E-state index is 0.0596. The summed E-state index contributed by atoms with van der Waals surface area (Å²) in [5.41, 5.74) is 1.13. The highest BCUT2D eigenvalue weighted by molar-refractivity contribution is 6.00. The second kappa shape index (κ2) is 11.0. The highest BCUT2D eigenvalue weighted by Gasteiger charge is 2.29. The second-order valence-corrected chi connectivity index (χ2v) is 9.72. The molecule has 0 aromatic heterocycles. The number of anilines is 1. The van der Waals surface area contributed by atoms with E-state index >= 15 is 0 Å². The molecular weight excluding hydrogens is 420 g/mol. The zero-order valence-corrected chi connectivity index (χ0v) is 19.5. The molecule has 2 heterocycles. The molecule has 3 aliphatic rings. The van der Waals surface area contributed by atoms with E-state index in [-0.39, 0.29) is 17.5 Å². The van der Waals surface area contributed by atoms with Crippen molar-refractivity contribution in [3.8, 4) is 0 Å². The largest absolute Gasteiger partial charge is 0.371 e. The summed E-state index contributed by atoms with van der Waals surface area (Å²) >= 11 is 0. The van der Waals surface area contributed by atoms with Gasteiger partial charge in [-0.1, -0.05) is 32.1 Å². The van der Waals surface area contributed by atoms with Crippen LogP contribution in [0.15, 0.2) is 18.2 Å². The smallest absolute Gasteiger partial charge is 0.270 e. The molecular formula is C25H36N4O4. The number of carbonyl (C=O) groups excluding carboxylic acids is 2. The van der Waals surface area contributed by atoms with Crippen molar-refractivity contribution in [2.75, 3.05) is 44.2 Å². The SMILES string of the molecule is O=C(CCC1CCCCC1)N1CCN(C(=O)c2cc([N+](=O)[O-])ccc2N2CCCCC2)CC1. The molecule has 0 radical (unpaired) electrons. The first-order valence-electron chi connectivity index (χ1n) is 12.6. The average Bonchev–Trinajstić information content (AvgIpc) is 2.87. The fourth-order valence-corrected chi connectivity index (χ4v) is 5.51. The van der Waals surface area contributed by atoms with Gasteiger partial charge in [-0.2, -0.15) is 0 Å². The van der Waals surface area contributed by atoms with Crippen LogP contribution in [0.25, 0.3) is 0 Å². The molecule has 2 amide bonds. The van der Waals surface area contributed by atoms with E-state index in [1.807, 2.05) is 4.90 Å². The molecule has 4 rings (SSSR count). The third kappa shape index (κ3) is 5.84. The maximum absolute atomic E-state index is 13.4. The molecule has 8 heteroatoms. The van der Waals surface area contributed by atoms with Crippen molar-refractivity contribution in [2.24, 2.45) is 5.92 Å². The number of carbonyl (C=O) groups is 2. The highest BCUT2D eigenvalue weighted by Crippen LogP contribution is 2.30. The number of piperidine rings is 1. The van der Waals surface area contributed by atoms with Gasteiger partial charge in [0.15, 0.2) is 0 Å². The van der Waals surface area contributed by atoms with Crippen LogP contribution in [0.5, 0.6) is 0 Å². The fraction of sp³-hybridized carbons (Fsp3) is 0.680. The van der Waals surface area contributed by atoms with Crippen LogP contribution in [-0.4, -0.2) is 65.8 Å². The summed E-state index contributed by atoms with van der Waals surface area (Å²) in [7, 11) is 0. The Morgan fingerprint density at radius 3 is 2.18 bits per heavy atom. The second-order valence-electron chi connectivity index (χ2n) is 9.72. The minimum Gasteiger partial charge on any atom is -0.371 e. The maximum Gasteiger partial charge on any atom is 0.270 e. The van der Waals surface area contributed by atoms with Crippen molar-refractivity contribution >= 4 is 23.2 Å². The summed E-state index contributed by atoms with van der Waals surface area (Å²) in [6.45, 7) is 3.72. The summed E-state index contributed by atoms with van der Waals surface area (Å²) in [6, 6.07) is 4.64. The number of amides is 2. The fourth-order valence-electron chi connectivity index (χ4n) is 5.51. The van der Waals surface area contributed by atoms with Gasteiger partial charge in [0.25, 0.3) is 11.6 Å². The molecule has 1 aromatic carbocycles. The van der Waals surface area contributed by atoms with E-state index in [2.05, 4.69) is 4.90 Å². The summed E-state index contributed by atoms with van der Waals surface area (Å²) in [4.78, 5) is 42.8. The molecule has 0 N–H and O–H groups in total. The van der Waals surface area contributed by atoms with E-state index < -0.39 is 4.92 Å². The van der Waals surface area contributed by atoms with Gasteiger partial charge in [0.2, 0.25) is 5.91 Å². The Kier molecular flexibility index (Phi) is 7.83. The number of nitrogens with zero attached hydrogens (tertiary/aromatic N) is 4. The Morgan fingerprint density at radius 2 is 1.52 bits per heavy atom. The van der Waals surface area contributed by atoms with E-state index in [9.17, 15) is 19.7 Å². The molecule has 0 spiro atoms. The third-order valence-corrected chi connectivity index (χ3v) is 7.53. The van der Waals surface area contributed by atoms with Crippen LogP contribution in [-0.2, 0) is 4.79 Å².